The average Bonchev–Trinajstić information content (AvgIpc) is 2.90. The number of amides is 1. The van der Waals surface area contributed by atoms with Gasteiger partial charge in [-0.05, 0) is 24.3 Å². The number of carbonyl (C=O) groups is 1. The van der Waals surface area contributed by atoms with Gasteiger partial charge in [0.25, 0.3) is 11.6 Å². The van der Waals surface area contributed by atoms with E-state index in [1.807, 2.05) is 19.3 Å². The summed E-state index contributed by atoms with van der Waals surface area (Å²) in [5, 5.41) is 16.4. The van der Waals surface area contributed by atoms with Crippen LogP contribution in [0, 0.1) is 10.1 Å². The molecule has 2 rings (SSSR count). The van der Waals surface area contributed by atoms with Gasteiger partial charge in [0.05, 0.1) is 4.92 Å². The van der Waals surface area contributed by atoms with Gasteiger partial charge in [-0.1, -0.05) is 0 Å². The molecule has 1 heterocycles. The van der Waals surface area contributed by atoms with Crippen LogP contribution in [0.3, 0.4) is 0 Å². The molecule has 0 aliphatic rings. The number of aromatic nitrogens is 1. The highest BCUT2D eigenvalue weighted by molar-refractivity contribution is 5.92. The summed E-state index contributed by atoms with van der Waals surface area (Å²) >= 11 is 0. The summed E-state index contributed by atoms with van der Waals surface area (Å²) in [7, 11) is 1.81. The molecule has 2 aromatic rings. The van der Waals surface area contributed by atoms with Gasteiger partial charge in [0.2, 0.25) is 0 Å². The highest BCUT2D eigenvalue weighted by Gasteiger charge is 2.07. The Morgan fingerprint density at radius 3 is 2.52 bits per heavy atom. The molecule has 7 nitrogen and oxygen atoms in total. The first kappa shape index (κ1) is 14.6. The smallest absolute Gasteiger partial charge is 0.269 e. The van der Waals surface area contributed by atoms with E-state index in [1.54, 1.807) is 22.8 Å². The molecule has 1 amide bonds. The van der Waals surface area contributed by atoms with Crippen LogP contribution in [0.2, 0.25) is 0 Å². The molecule has 0 fully saturated rings. The van der Waals surface area contributed by atoms with Crippen molar-refractivity contribution in [2.45, 2.75) is 0 Å². The quantitative estimate of drug-likeness (QED) is 0.481. The summed E-state index contributed by atoms with van der Waals surface area (Å²) in [6.07, 6.45) is 1.81. The van der Waals surface area contributed by atoms with E-state index in [0.717, 1.165) is 5.69 Å². The van der Waals surface area contributed by atoms with Crippen LogP contribution in [-0.4, -0.2) is 28.5 Å². The number of hydrogen-bond acceptors (Lipinski definition) is 4. The first-order valence-electron chi connectivity index (χ1n) is 6.46. The molecule has 1 aromatic carbocycles. The first-order chi connectivity index (χ1) is 10.1. The van der Waals surface area contributed by atoms with Gasteiger partial charge in [-0.2, -0.15) is 0 Å². The molecule has 0 bridgehead atoms. The lowest BCUT2D eigenvalue weighted by Gasteiger charge is -2.08. The largest absolute Gasteiger partial charge is 0.383 e. The Balaban J connectivity index is 1.76. The molecule has 0 aliphatic carbocycles. The zero-order chi connectivity index (χ0) is 15.2. The molecule has 0 saturated heterocycles. The van der Waals surface area contributed by atoms with Crippen molar-refractivity contribution in [3.63, 3.8) is 0 Å². The van der Waals surface area contributed by atoms with Crippen LogP contribution in [0.1, 0.15) is 10.5 Å². The Bertz CT molecular complexity index is 634. The van der Waals surface area contributed by atoms with Gasteiger partial charge in [0, 0.05) is 44.2 Å². The van der Waals surface area contributed by atoms with E-state index in [2.05, 4.69) is 10.6 Å². The van der Waals surface area contributed by atoms with Crippen LogP contribution in [0.5, 0.6) is 0 Å². The summed E-state index contributed by atoms with van der Waals surface area (Å²) in [5.74, 6) is -0.131. The van der Waals surface area contributed by atoms with E-state index in [4.69, 9.17) is 0 Å². The van der Waals surface area contributed by atoms with E-state index in [0.29, 0.717) is 18.8 Å². The lowest BCUT2D eigenvalue weighted by molar-refractivity contribution is -0.384. The van der Waals surface area contributed by atoms with Crippen molar-refractivity contribution in [3.8, 4) is 0 Å². The maximum Gasteiger partial charge on any atom is 0.269 e. The third kappa shape index (κ3) is 3.82. The van der Waals surface area contributed by atoms with Crippen molar-refractivity contribution in [3.05, 3.63) is 58.4 Å². The molecule has 0 spiro atoms. The third-order valence-electron chi connectivity index (χ3n) is 2.99. The van der Waals surface area contributed by atoms with Crippen molar-refractivity contribution in [2.75, 3.05) is 18.4 Å². The highest BCUT2D eigenvalue weighted by atomic mass is 16.6. The predicted molar refractivity (Wildman–Crippen MR) is 79.3 cm³/mol. The minimum absolute atomic E-state index is 0.0533. The number of nitro benzene ring substituents is 1. The molecule has 21 heavy (non-hydrogen) atoms. The van der Waals surface area contributed by atoms with Crippen molar-refractivity contribution >= 4 is 17.3 Å². The van der Waals surface area contributed by atoms with Gasteiger partial charge in [0.1, 0.15) is 5.69 Å². The zero-order valence-electron chi connectivity index (χ0n) is 11.6. The second kappa shape index (κ2) is 6.56. The summed E-state index contributed by atoms with van der Waals surface area (Å²) in [6.45, 7) is 0.995. The molecule has 0 unspecified atom stereocenters. The fourth-order valence-corrected chi connectivity index (χ4v) is 1.87. The Morgan fingerprint density at radius 1 is 1.24 bits per heavy atom. The molecule has 7 heteroatoms. The van der Waals surface area contributed by atoms with Gasteiger partial charge in [-0.3, -0.25) is 14.9 Å². The van der Waals surface area contributed by atoms with Crippen LogP contribution < -0.4 is 10.6 Å². The van der Waals surface area contributed by atoms with Crippen molar-refractivity contribution in [2.24, 2.45) is 7.05 Å². The molecule has 110 valence electrons. The number of aryl methyl sites for hydroxylation is 1. The molecule has 1 aromatic heterocycles. The van der Waals surface area contributed by atoms with Gasteiger partial charge in [0.15, 0.2) is 0 Å². The number of carbonyl (C=O) groups excluding carboxylic acids is 1. The van der Waals surface area contributed by atoms with Gasteiger partial charge in [-0.15, -0.1) is 0 Å². The number of non-ortho nitro benzene ring substituents is 1. The maximum atomic E-state index is 11.8. The van der Waals surface area contributed by atoms with Crippen LogP contribution in [-0.2, 0) is 7.05 Å². The molecule has 0 saturated carbocycles. The number of nitrogens with one attached hydrogen (secondary N) is 2. The Hall–Kier alpha value is -2.83. The number of nitro groups is 1. The van der Waals surface area contributed by atoms with Gasteiger partial charge in [-0.25, -0.2) is 0 Å². The lowest BCUT2D eigenvalue weighted by Crippen LogP contribution is -2.29. The molecular formula is C14H16N4O3. The SMILES string of the molecule is Cn1cccc1C(=O)NCCNc1ccc([N+](=O)[O-])cc1. The van der Waals surface area contributed by atoms with Crippen molar-refractivity contribution in [1.82, 2.24) is 9.88 Å². The summed E-state index contributed by atoms with van der Waals surface area (Å²) in [6, 6.07) is 9.70. The Kier molecular flexibility index (Phi) is 4.55. The van der Waals surface area contributed by atoms with Crippen LogP contribution >= 0.6 is 0 Å². The maximum absolute atomic E-state index is 11.8. The topological polar surface area (TPSA) is 89.2 Å². The fourth-order valence-electron chi connectivity index (χ4n) is 1.87. The minimum atomic E-state index is -0.441. The number of anilines is 1. The van der Waals surface area contributed by atoms with Crippen molar-refractivity contribution < 1.29 is 9.72 Å². The van der Waals surface area contributed by atoms with Crippen LogP contribution in [0.15, 0.2) is 42.6 Å². The van der Waals surface area contributed by atoms with Crippen LogP contribution in [0.25, 0.3) is 0 Å². The van der Waals surface area contributed by atoms with E-state index < -0.39 is 4.92 Å². The van der Waals surface area contributed by atoms with E-state index in [1.165, 1.54) is 12.1 Å². The number of nitrogens with zero attached hydrogens (tertiary/aromatic N) is 2. The molecule has 2 N–H and O–H groups in total. The van der Waals surface area contributed by atoms with Crippen molar-refractivity contribution in [1.29, 1.82) is 0 Å². The van der Waals surface area contributed by atoms with E-state index >= 15 is 0 Å². The number of benzene rings is 1. The second-order valence-electron chi connectivity index (χ2n) is 4.49. The number of hydrogen-bond donors (Lipinski definition) is 2. The Morgan fingerprint density at radius 2 is 1.95 bits per heavy atom. The first-order valence-corrected chi connectivity index (χ1v) is 6.46. The Labute approximate surface area is 121 Å². The second-order valence-corrected chi connectivity index (χ2v) is 4.49. The minimum Gasteiger partial charge on any atom is -0.383 e. The summed E-state index contributed by atoms with van der Waals surface area (Å²) in [5.41, 5.74) is 1.43. The zero-order valence-corrected chi connectivity index (χ0v) is 11.6. The van der Waals surface area contributed by atoms with Gasteiger partial charge >= 0.3 is 0 Å². The molecular weight excluding hydrogens is 272 g/mol. The van der Waals surface area contributed by atoms with E-state index in [9.17, 15) is 14.9 Å². The monoisotopic (exact) mass is 288 g/mol. The highest BCUT2D eigenvalue weighted by Crippen LogP contribution is 2.14. The normalized spacial score (nSPS) is 10.1. The number of rotatable bonds is 6. The molecule has 0 aliphatic heterocycles. The molecule has 0 radical (unpaired) electrons. The summed E-state index contributed by atoms with van der Waals surface area (Å²) < 4.78 is 1.75. The molecule has 0 atom stereocenters. The predicted octanol–water partition coefficient (Wildman–Crippen LogP) is 1.78. The third-order valence-corrected chi connectivity index (χ3v) is 2.99. The average molecular weight is 288 g/mol. The standard InChI is InChI=1S/C14H16N4O3/c1-17-10-2-3-13(17)14(19)16-9-8-15-11-4-6-12(7-5-11)18(20)21/h2-7,10,15H,8-9H2,1H3,(H,16,19). The van der Waals surface area contributed by atoms with Crippen LogP contribution in [0.4, 0.5) is 11.4 Å². The lowest BCUT2D eigenvalue weighted by atomic mass is 10.3. The fraction of sp³-hybridized carbons (Fsp3) is 0.214. The van der Waals surface area contributed by atoms with E-state index in [-0.39, 0.29) is 11.6 Å². The summed E-state index contributed by atoms with van der Waals surface area (Å²) in [4.78, 5) is 21.9. The van der Waals surface area contributed by atoms with Gasteiger partial charge < -0.3 is 15.2 Å².